The van der Waals surface area contributed by atoms with Gasteiger partial charge in [0, 0.05) is 27.5 Å². The summed E-state index contributed by atoms with van der Waals surface area (Å²) in [7, 11) is 0. The first-order chi connectivity index (χ1) is 18.2. The molecule has 214 valence electrons. The largest absolute Gasteiger partial charge is 0.426 e. The molecule has 2 aromatic carbocycles. The molecule has 2 rings (SSSR count). The first kappa shape index (κ1) is 32.5. The van der Waals surface area contributed by atoms with Gasteiger partial charge in [-0.15, -0.1) is 13.2 Å². The summed E-state index contributed by atoms with van der Waals surface area (Å²) in [5, 5.41) is 0. The van der Waals surface area contributed by atoms with E-state index in [0.717, 1.165) is 16.7 Å². The van der Waals surface area contributed by atoms with Gasteiger partial charge in [-0.3, -0.25) is 14.4 Å². The average Bonchev–Trinajstić information content (AvgIpc) is 2.86. The number of ketones is 1. The van der Waals surface area contributed by atoms with Crippen LogP contribution in [0.2, 0.25) is 0 Å². The van der Waals surface area contributed by atoms with Crippen molar-refractivity contribution in [2.24, 2.45) is 10.8 Å². The van der Waals surface area contributed by atoms with Crippen molar-refractivity contribution in [3.05, 3.63) is 90.0 Å². The number of esters is 2. The Bertz CT molecular complexity index is 1280. The van der Waals surface area contributed by atoms with Gasteiger partial charge in [-0.1, -0.05) is 45.9 Å². The van der Waals surface area contributed by atoms with Crippen LogP contribution in [-0.2, 0) is 20.4 Å². The van der Waals surface area contributed by atoms with E-state index in [-0.39, 0.29) is 17.7 Å². The van der Waals surface area contributed by atoms with Crippen LogP contribution < -0.4 is 9.47 Å². The fourth-order valence-electron chi connectivity index (χ4n) is 3.50. The normalized spacial score (nSPS) is 12.7. The molecule has 40 heavy (non-hydrogen) atoms. The maximum absolute atomic E-state index is 13.0. The number of ether oxygens (including phenoxy) is 2. The zero-order chi connectivity index (χ0) is 30.7. The third-order valence-electron chi connectivity index (χ3n) is 6.72. The topological polar surface area (TPSA) is 69.7 Å². The van der Waals surface area contributed by atoms with E-state index in [9.17, 15) is 14.4 Å². The molecule has 0 aliphatic rings. The average molecular weight is 545 g/mol. The van der Waals surface area contributed by atoms with Crippen molar-refractivity contribution in [2.45, 2.75) is 80.1 Å². The van der Waals surface area contributed by atoms with Crippen LogP contribution in [0.5, 0.6) is 11.5 Å². The number of hydrogen-bond donors (Lipinski definition) is 0. The van der Waals surface area contributed by atoms with E-state index in [0.29, 0.717) is 17.1 Å². The van der Waals surface area contributed by atoms with Gasteiger partial charge < -0.3 is 9.47 Å². The Morgan fingerprint density at radius 3 is 1.50 bits per heavy atom. The van der Waals surface area contributed by atoms with Crippen LogP contribution >= 0.6 is 0 Å². The minimum Gasteiger partial charge on any atom is -0.426 e. The molecule has 0 radical (unpaired) electrons. The lowest BCUT2D eigenvalue weighted by molar-refractivity contribution is -0.143. The number of benzene rings is 2. The third-order valence-corrected chi connectivity index (χ3v) is 6.72. The maximum Gasteiger partial charge on any atom is 0.316 e. The Morgan fingerprint density at radius 2 is 1.10 bits per heavy atom. The summed E-state index contributed by atoms with van der Waals surface area (Å²) >= 11 is 0. The van der Waals surface area contributed by atoms with Crippen LogP contribution in [0.15, 0.2) is 67.8 Å². The highest BCUT2D eigenvalue weighted by Gasteiger charge is 2.33. The van der Waals surface area contributed by atoms with E-state index in [1.165, 1.54) is 6.08 Å². The minimum atomic E-state index is -0.698. The van der Waals surface area contributed by atoms with Crippen molar-refractivity contribution < 1.29 is 23.9 Å². The number of rotatable bonds is 9. The second-order valence-corrected chi connectivity index (χ2v) is 13.3. The Morgan fingerprint density at radius 1 is 0.675 bits per heavy atom. The molecule has 5 heteroatoms. The van der Waals surface area contributed by atoms with Crippen molar-refractivity contribution in [1.82, 2.24) is 0 Å². The van der Waals surface area contributed by atoms with Crippen molar-refractivity contribution in [3.63, 3.8) is 0 Å². The molecule has 0 aromatic heterocycles. The van der Waals surface area contributed by atoms with E-state index in [1.54, 1.807) is 51.1 Å². The molecule has 5 nitrogen and oxygen atoms in total. The van der Waals surface area contributed by atoms with Crippen LogP contribution in [0.4, 0.5) is 0 Å². The highest BCUT2D eigenvalue weighted by atomic mass is 16.5. The molecule has 0 saturated carbocycles. The van der Waals surface area contributed by atoms with Gasteiger partial charge >= 0.3 is 11.9 Å². The molecule has 0 saturated heterocycles. The summed E-state index contributed by atoms with van der Waals surface area (Å²) in [5.41, 5.74) is 0.401. The van der Waals surface area contributed by atoms with Crippen LogP contribution in [-0.4, -0.2) is 17.7 Å². The summed E-state index contributed by atoms with van der Waals surface area (Å²) in [5.74, 6) is -0.0255. The summed E-state index contributed by atoms with van der Waals surface area (Å²) < 4.78 is 11.5. The van der Waals surface area contributed by atoms with E-state index in [1.807, 2.05) is 72.8 Å². The van der Waals surface area contributed by atoms with Crippen molar-refractivity contribution >= 4 is 23.8 Å². The summed E-state index contributed by atoms with van der Waals surface area (Å²) in [4.78, 5) is 38.2. The van der Waals surface area contributed by atoms with Gasteiger partial charge in [-0.2, -0.15) is 0 Å². The molecule has 0 aliphatic heterocycles. The molecular formula is C35H44O5. The minimum absolute atomic E-state index is 0.203. The van der Waals surface area contributed by atoms with E-state index in [2.05, 4.69) is 13.2 Å². The predicted octanol–water partition coefficient (Wildman–Crippen LogP) is 8.41. The maximum atomic E-state index is 13.0. The zero-order valence-electron chi connectivity index (χ0n) is 25.7. The summed E-state index contributed by atoms with van der Waals surface area (Å²) in [6, 6.07) is 10.3. The lowest BCUT2D eigenvalue weighted by Crippen LogP contribution is -2.29. The van der Waals surface area contributed by atoms with E-state index < -0.39 is 21.7 Å². The Hall–Kier alpha value is -3.73. The van der Waals surface area contributed by atoms with Crippen LogP contribution in [0.25, 0.3) is 6.08 Å². The predicted molar refractivity (Wildman–Crippen MR) is 163 cm³/mol. The van der Waals surface area contributed by atoms with E-state index in [4.69, 9.17) is 9.47 Å². The highest BCUT2D eigenvalue weighted by molar-refractivity contribution is 6.07. The second kappa shape index (κ2) is 11.8. The van der Waals surface area contributed by atoms with Gasteiger partial charge in [0.15, 0.2) is 5.78 Å². The molecule has 0 N–H and O–H groups in total. The van der Waals surface area contributed by atoms with Crippen molar-refractivity contribution in [1.29, 1.82) is 0 Å². The molecule has 0 spiro atoms. The molecule has 0 fully saturated rings. The van der Waals surface area contributed by atoms with Gasteiger partial charge in [0.25, 0.3) is 0 Å². The van der Waals surface area contributed by atoms with Crippen LogP contribution in [0, 0.1) is 10.8 Å². The van der Waals surface area contributed by atoms with Crippen LogP contribution in [0.3, 0.4) is 0 Å². The number of allylic oxidation sites excluding steroid dienone is 3. The molecular weight excluding hydrogens is 500 g/mol. The number of carbonyl (C=O) groups excluding carboxylic acids is 3. The fourth-order valence-corrected chi connectivity index (χ4v) is 3.50. The third kappa shape index (κ3) is 7.91. The lowest BCUT2D eigenvalue weighted by atomic mass is 9.76. The molecule has 0 heterocycles. The smallest absolute Gasteiger partial charge is 0.316 e. The van der Waals surface area contributed by atoms with E-state index >= 15 is 0 Å². The highest BCUT2D eigenvalue weighted by Crippen LogP contribution is 2.43. The second-order valence-electron chi connectivity index (χ2n) is 13.3. The standard InChI is InChI=1S/C35H44O5/c1-13-34(9,10)26-21-23(22-27(35(11,12)14-2)29(26)40-31(38)33(6,7)8)15-20-28(36)24-16-18-25(19-17-24)39-30(37)32(3,4)5/h13-22H,1-2H2,3-12H3. The first-order valence-electron chi connectivity index (χ1n) is 13.5. The van der Waals surface area contributed by atoms with Crippen molar-refractivity contribution in [2.75, 3.05) is 0 Å². The summed E-state index contributed by atoms with van der Waals surface area (Å²) in [6.07, 6.45) is 6.88. The Kier molecular flexibility index (Phi) is 9.58. The van der Waals surface area contributed by atoms with Gasteiger partial charge in [-0.05, 0) is 89.6 Å². The van der Waals surface area contributed by atoms with Crippen LogP contribution in [0.1, 0.15) is 96.3 Å². The molecule has 0 amide bonds. The molecule has 0 aliphatic carbocycles. The van der Waals surface area contributed by atoms with Gasteiger partial charge in [0.2, 0.25) is 0 Å². The summed E-state index contributed by atoms with van der Waals surface area (Å²) in [6.45, 7) is 26.8. The van der Waals surface area contributed by atoms with Gasteiger partial charge in [0.05, 0.1) is 10.8 Å². The zero-order valence-corrected chi connectivity index (χ0v) is 25.7. The number of carbonyl (C=O) groups is 3. The van der Waals surface area contributed by atoms with Crippen molar-refractivity contribution in [3.8, 4) is 11.5 Å². The molecule has 0 bridgehead atoms. The molecule has 0 atom stereocenters. The fraction of sp³-hybridized carbons (Fsp3) is 0.400. The Balaban J connectivity index is 2.54. The van der Waals surface area contributed by atoms with Gasteiger partial charge in [-0.25, -0.2) is 0 Å². The molecule has 2 aromatic rings. The van der Waals surface area contributed by atoms with Gasteiger partial charge in [0.1, 0.15) is 11.5 Å². The number of hydrogen-bond acceptors (Lipinski definition) is 5. The quantitative estimate of drug-likeness (QED) is 0.104. The monoisotopic (exact) mass is 544 g/mol. The molecule has 0 unspecified atom stereocenters. The lowest BCUT2D eigenvalue weighted by Gasteiger charge is -2.31. The Labute approximate surface area is 240 Å². The SMILES string of the molecule is C=CC(C)(C)c1cc(C=CC(=O)c2ccc(OC(=O)C(C)(C)C)cc2)cc(C(C)(C)C=C)c1OC(=O)C(C)(C)C. The first-order valence-corrected chi connectivity index (χ1v) is 13.5.